The molecule has 78 valence electrons. The van der Waals surface area contributed by atoms with Crippen LogP contribution >= 0.6 is 0 Å². The molecule has 0 radical (unpaired) electrons. The third-order valence-corrected chi connectivity index (χ3v) is 2.45. The predicted octanol–water partition coefficient (Wildman–Crippen LogP) is 3.77. The monoisotopic (exact) mass is 191 g/mol. The van der Waals surface area contributed by atoms with Gasteiger partial charge in [-0.3, -0.25) is 0 Å². The van der Waals surface area contributed by atoms with Crippen LogP contribution in [0, 0.1) is 6.92 Å². The van der Waals surface area contributed by atoms with Crippen molar-refractivity contribution >= 4 is 5.69 Å². The van der Waals surface area contributed by atoms with Gasteiger partial charge in [-0.15, -0.1) is 0 Å². The first-order valence-corrected chi connectivity index (χ1v) is 5.61. The molecule has 1 heteroatoms. The zero-order valence-corrected chi connectivity index (χ0v) is 9.56. The highest BCUT2D eigenvalue weighted by molar-refractivity contribution is 5.48. The zero-order chi connectivity index (χ0) is 10.4. The van der Waals surface area contributed by atoms with Gasteiger partial charge in [0.05, 0.1) is 0 Å². The Kier molecular flexibility index (Phi) is 4.51. The second-order valence-corrected chi connectivity index (χ2v) is 3.82. The summed E-state index contributed by atoms with van der Waals surface area (Å²) in [6.07, 6.45) is 3.59. The number of rotatable bonds is 5. The first-order chi connectivity index (χ1) is 6.77. The molecule has 0 aromatic heterocycles. The molecule has 0 aliphatic carbocycles. The van der Waals surface area contributed by atoms with Crippen LogP contribution in [-0.4, -0.2) is 6.54 Å². The van der Waals surface area contributed by atoms with E-state index in [9.17, 15) is 0 Å². The van der Waals surface area contributed by atoms with Gasteiger partial charge in [0, 0.05) is 12.2 Å². The topological polar surface area (TPSA) is 12.0 Å². The fraction of sp³-hybridized carbons (Fsp3) is 0.538. The average molecular weight is 191 g/mol. The summed E-state index contributed by atoms with van der Waals surface area (Å²) in [6, 6.07) is 6.67. The average Bonchev–Trinajstić information content (AvgIpc) is 2.19. The Morgan fingerprint density at radius 2 is 1.93 bits per heavy atom. The van der Waals surface area contributed by atoms with Gasteiger partial charge in [0.2, 0.25) is 0 Å². The Morgan fingerprint density at radius 3 is 2.57 bits per heavy atom. The van der Waals surface area contributed by atoms with E-state index < -0.39 is 0 Å². The van der Waals surface area contributed by atoms with E-state index in [0.29, 0.717) is 0 Å². The lowest BCUT2D eigenvalue weighted by atomic mass is 10.0. The lowest BCUT2D eigenvalue weighted by Crippen LogP contribution is -2.00. The molecule has 0 bridgehead atoms. The first-order valence-electron chi connectivity index (χ1n) is 5.61. The van der Waals surface area contributed by atoms with E-state index in [1.807, 2.05) is 0 Å². The summed E-state index contributed by atoms with van der Waals surface area (Å²) in [4.78, 5) is 0. The van der Waals surface area contributed by atoms with Crippen LogP contribution in [0.25, 0.3) is 0 Å². The fourth-order valence-electron chi connectivity index (χ4n) is 1.59. The second kappa shape index (κ2) is 5.69. The number of benzene rings is 1. The van der Waals surface area contributed by atoms with Crippen molar-refractivity contribution in [1.29, 1.82) is 0 Å². The van der Waals surface area contributed by atoms with E-state index in [2.05, 4.69) is 44.3 Å². The lowest BCUT2D eigenvalue weighted by molar-refractivity contribution is 0.911. The van der Waals surface area contributed by atoms with Gasteiger partial charge in [0.15, 0.2) is 0 Å². The molecule has 0 amide bonds. The number of aryl methyl sites for hydroxylation is 2. The standard InChI is InChI=1S/C13H21N/c1-4-6-12-10-13(14-9-5-2)8-7-11(12)3/h7-8,10,14H,4-6,9H2,1-3H3. The molecular weight excluding hydrogens is 170 g/mol. The van der Waals surface area contributed by atoms with Gasteiger partial charge in [-0.25, -0.2) is 0 Å². The molecule has 1 nitrogen and oxygen atoms in total. The third kappa shape index (κ3) is 3.06. The summed E-state index contributed by atoms with van der Waals surface area (Å²) in [5.74, 6) is 0. The highest BCUT2D eigenvalue weighted by Crippen LogP contribution is 2.16. The van der Waals surface area contributed by atoms with Crippen LogP contribution in [-0.2, 0) is 6.42 Å². The predicted molar refractivity (Wildman–Crippen MR) is 64.0 cm³/mol. The summed E-state index contributed by atoms with van der Waals surface area (Å²) in [5.41, 5.74) is 4.16. The zero-order valence-electron chi connectivity index (χ0n) is 9.56. The first kappa shape index (κ1) is 11.1. The van der Waals surface area contributed by atoms with Gasteiger partial charge in [0.1, 0.15) is 0 Å². The minimum absolute atomic E-state index is 1.06. The van der Waals surface area contributed by atoms with Crippen LogP contribution in [0.15, 0.2) is 18.2 Å². The Hall–Kier alpha value is -0.980. The molecule has 0 aliphatic heterocycles. The van der Waals surface area contributed by atoms with Crippen molar-refractivity contribution in [2.24, 2.45) is 0 Å². The molecule has 0 heterocycles. The normalized spacial score (nSPS) is 10.2. The molecule has 1 rings (SSSR count). The maximum atomic E-state index is 3.42. The van der Waals surface area contributed by atoms with Crippen LogP contribution in [0.4, 0.5) is 5.69 Å². The molecule has 0 saturated heterocycles. The maximum Gasteiger partial charge on any atom is 0.0343 e. The minimum Gasteiger partial charge on any atom is -0.385 e. The van der Waals surface area contributed by atoms with Crippen molar-refractivity contribution < 1.29 is 0 Å². The molecule has 0 saturated carbocycles. The molecule has 14 heavy (non-hydrogen) atoms. The molecule has 0 atom stereocenters. The van der Waals surface area contributed by atoms with Gasteiger partial charge < -0.3 is 5.32 Å². The molecule has 1 N–H and O–H groups in total. The largest absolute Gasteiger partial charge is 0.385 e. The Balaban J connectivity index is 2.72. The van der Waals surface area contributed by atoms with Crippen LogP contribution < -0.4 is 5.32 Å². The van der Waals surface area contributed by atoms with Crippen molar-refractivity contribution in [2.75, 3.05) is 11.9 Å². The Morgan fingerprint density at radius 1 is 1.14 bits per heavy atom. The fourth-order valence-corrected chi connectivity index (χ4v) is 1.59. The SMILES string of the molecule is CCCNc1ccc(C)c(CCC)c1. The van der Waals surface area contributed by atoms with Crippen molar-refractivity contribution in [1.82, 2.24) is 0 Å². The molecule has 0 unspecified atom stereocenters. The summed E-state index contributed by atoms with van der Waals surface area (Å²) in [6.45, 7) is 7.67. The molecular formula is C13H21N. The Labute approximate surface area is 87.5 Å². The number of hydrogen-bond donors (Lipinski definition) is 1. The highest BCUT2D eigenvalue weighted by Gasteiger charge is 1.98. The van der Waals surface area contributed by atoms with Crippen LogP contribution in [0.2, 0.25) is 0 Å². The molecule has 0 spiro atoms. The van der Waals surface area contributed by atoms with Crippen LogP contribution in [0.3, 0.4) is 0 Å². The number of anilines is 1. The van der Waals surface area contributed by atoms with Crippen LogP contribution in [0.1, 0.15) is 37.8 Å². The summed E-state index contributed by atoms with van der Waals surface area (Å²) < 4.78 is 0. The van der Waals surface area contributed by atoms with E-state index in [1.54, 1.807) is 0 Å². The summed E-state index contributed by atoms with van der Waals surface area (Å²) >= 11 is 0. The van der Waals surface area contributed by atoms with Gasteiger partial charge in [-0.1, -0.05) is 26.3 Å². The second-order valence-electron chi connectivity index (χ2n) is 3.82. The molecule has 1 aromatic carbocycles. The molecule has 1 aromatic rings. The summed E-state index contributed by atoms with van der Waals surface area (Å²) in [7, 11) is 0. The van der Waals surface area contributed by atoms with Gasteiger partial charge in [0.25, 0.3) is 0 Å². The quantitative estimate of drug-likeness (QED) is 0.747. The van der Waals surface area contributed by atoms with Gasteiger partial charge >= 0.3 is 0 Å². The van der Waals surface area contributed by atoms with E-state index >= 15 is 0 Å². The smallest absolute Gasteiger partial charge is 0.0343 e. The third-order valence-electron chi connectivity index (χ3n) is 2.45. The van der Waals surface area contributed by atoms with Gasteiger partial charge in [-0.2, -0.15) is 0 Å². The van der Waals surface area contributed by atoms with Gasteiger partial charge in [-0.05, 0) is 43.0 Å². The molecule has 0 aliphatic rings. The van der Waals surface area contributed by atoms with Crippen molar-refractivity contribution in [3.05, 3.63) is 29.3 Å². The van der Waals surface area contributed by atoms with Crippen molar-refractivity contribution in [3.8, 4) is 0 Å². The minimum atomic E-state index is 1.06. The van der Waals surface area contributed by atoms with Crippen LogP contribution in [0.5, 0.6) is 0 Å². The number of nitrogens with one attached hydrogen (secondary N) is 1. The Bertz CT molecular complexity index is 279. The van der Waals surface area contributed by atoms with E-state index in [4.69, 9.17) is 0 Å². The van der Waals surface area contributed by atoms with E-state index in [1.165, 1.54) is 36.1 Å². The van der Waals surface area contributed by atoms with Crippen molar-refractivity contribution in [2.45, 2.75) is 40.0 Å². The van der Waals surface area contributed by atoms with Crippen molar-refractivity contribution in [3.63, 3.8) is 0 Å². The molecule has 0 fully saturated rings. The maximum absolute atomic E-state index is 3.42. The van der Waals surface area contributed by atoms with E-state index in [-0.39, 0.29) is 0 Å². The highest BCUT2D eigenvalue weighted by atomic mass is 14.9. The van der Waals surface area contributed by atoms with E-state index in [0.717, 1.165) is 6.54 Å². The lowest BCUT2D eigenvalue weighted by Gasteiger charge is -2.09. The summed E-state index contributed by atoms with van der Waals surface area (Å²) in [5, 5.41) is 3.42. The number of hydrogen-bond acceptors (Lipinski definition) is 1.